The normalized spacial score (nSPS) is 10.5. The molecule has 0 atom stereocenters. The van der Waals surface area contributed by atoms with Crippen molar-refractivity contribution in [3.05, 3.63) is 87.6 Å². The smallest absolute Gasteiger partial charge is 0.265 e. The zero-order chi connectivity index (χ0) is 20.6. The summed E-state index contributed by atoms with van der Waals surface area (Å²) in [5.74, 6) is -0.506. The highest BCUT2D eigenvalue weighted by Gasteiger charge is 2.07. The number of carbonyl (C=O) groups is 2. The van der Waals surface area contributed by atoms with Crippen LogP contribution in [-0.4, -0.2) is 16.9 Å². The summed E-state index contributed by atoms with van der Waals surface area (Å²) >= 11 is 12.4. The van der Waals surface area contributed by atoms with E-state index >= 15 is 0 Å². The molecule has 1 aromatic heterocycles. The first-order valence-electron chi connectivity index (χ1n) is 8.50. The van der Waals surface area contributed by atoms with Gasteiger partial charge in [-0.2, -0.15) is 0 Å². The van der Waals surface area contributed by atoms with Crippen LogP contribution in [0.3, 0.4) is 0 Å². The third-order valence-corrected chi connectivity index (χ3v) is 5.00. The van der Waals surface area contributed by atoms with Gasteiger partial charge < -0.3 is 10.6 Å². The zero-order valence-electron chi connectivity index (χ0n) is 15.0. The number of rotatable bonds is 5. The maximum absolute atomic E-state index is 12.0. The van der Waals surface area contributed by atoms with Gasteiger partial charge in [0, 0.05) is 22.5 Å². The maximum atomic E-state index is 12.0. The summed E-state index contributed by atoms with van der Waals surface area (Å²) in [6.45, 7) is 0. The van der Waals surface area contributed by atoms with Gasteiger partial charge in [-0.25, -0.2) is 0 Å². The second-order valence-corrected chi connectivity index (χ2v) is 7.63. The fourth-order valence-corrected chi connectivity index (χ4v) is 3.26. The SMILES string of the molecule is O=C(/C=C/c1ccc(Cl)cc1)NC(=S)Nc1ccc(NC(=O)c2cccs2)cc1. The molecule has 0 aliphatic heterocycles. The van der Waals surface area contributed by atoms with Gasteiger partial charge >= 0.3 is 0 Å². The van der Waals surface area contributed by atoms with Gasteiger partial charge in [-0.15, -0.1) is 11.3 Å². The molecule has 1 heterocycles. The topological polar surface area (TPSA) is 70.2 Å². The molecule has 0 radical (unpaired) electrons. The Morgan fingerprint density at radius 3 is 2.21 bits per heavy atom. The number of halogens is 1. The van der Waals surface area contributed by atoms with Gasteiger partial charge in [-0.1, -0.05) is 29.8 Å². The highest BCUT2D eigenvalue weighted by Crippen LogP contribution is 2.16. The Hall–Kier alpha value is -3.00. The number of thiophene rings is 1. The Kier molecular flexibility index (Phi) is 7.13. The lowest BCUT2D eigenvalue weighted by Crippen LogP contribution is -2.32. The van der Waals surface area contributed by atoms with Crippen LogP contribution in [-0.2, 0) is 4.79 Å². The van der Waals surface area contributed by atoms with E-state index in [1.165, 1.54) is 17.4 Å². The lowest BCUT2D eigenvalue weighted by Gasteiger charge is -2.09. The van der Waals surface area contributed by atoms with Gasteiger partial charge in [-0.05, 0) is 71.7 Å². The first-order chi connectivity index (χ1) is 14.0. The van der Waals surface area contributed by atoms with Crippen LogP contribution in [0.2, 0.25) is 5.02 Å². The quantitative estimate of drug-likeness (QED) is 0.377. The molecule has 146 valence electrons. The van der Waals surface area contributed by atoms with Crippen molar-refractivity contribution in [2.45, 2.75) is 0 Å². The Morgan fingerprint density at radius 2 is 1.59 bits per heavy atom. The van der Waals surface area contributed by atoms with E-state index in [1.54, 1.807) is 48.5 Å². The van der Waals surface area contributed by atoms with Gasteiger partial charge in [0.05, 0.1) is 4.88 Å². The van der Waals surface area contributed by atoms with Crippen LogP contribution >= 0.6 is 35.2 Å². The highest BCUT2D eigenvalue weighted by molar-refractivity contribution is 7.80. The molecule has 0 saturated heterocycles. The van der Waals surface area contributed by atoms with Crippen molar-refractivity contribution in [2.24, 2.45) is 0 Å². The van der Waals surface area contributed by atoms with Crippen molar-refractivity contribution in [3.63, 3.8) is 0 Å². The Labute approximate surface area is 182 Å². The first kappa shape index (κ1) is 20.7. The predicted octanol–water partition coefficient (Wildman–Crippen LogP) is 5.18. The molecule has 2 aromatic carbocycles. The Balaban J connectivity index is 1.49. The molecular weight excluding hydrogens is 426 g/mol. The molecule has 0 bridgehead atoms. The van der Waals surface area contributed by atoms with E-state index in [-0.39, 0.29) is 16.9 Å². The average Bonchev–Trinajstić information content (AvgIpc) is 3.24. The molecule has 0 saturated carbocycles. The summed E-state index contributed by atoms with van der Waals surface area (Å²) < 4.78 is 0. The van der Waals surface area contributed by atoms with Crippen molar-refractivity contribution in [1.29, 1.82) is 0 Å². The monoisotopic (exact) mass is 441 g/mol. The van der Waals surface area contributed by atoms with E-state index in [2.05, 4.69) is 16.0 Å². The second-order valence-electron chi connectivity index (χ2n) is 5.84. The molecule has 3 aromatic rings. The molecule has 5 nitrogen and oxygen atoms in total. The third-order valence-electron chi connectivity index (χ3n) is 3.68. The van der Waals surface area contributed by atoms with Gasteiger partial charge in [-0.3, -0.25) is 14.9 Å². The fraction of sp³-hybridized carbons (Fsp3) is 0. The summed E-state index contributed by atoms with van der Waals surface area (Å²) in [7, 11) is 0. The van der Waals surface area contributed by atoms with E-state index in [0.717, 1.165) is 5.56 Å². The van der Waals surface area contributed by atoms with Crippen molar-refractivity contribution in [1.82, 2.24) is 5.32 Å². The first-order valence-corrected chi connectivity index (χ1v) is 10.2. The average molecular weight is 442 g/mol. The molecule has 8 heteroatoms. The van der Waals surface area contributed by atoms with Gasteiger partial charge in [0.25, 0.3) is 5.91 Å². The van der Waals surface area contributed by atoms with E-state index in [0.29, 0.717) is 21.3 Å². The van der Waals surface area contributed by atoms with Crippen LogP contribution in [0.5, 0.6) is 0 Å². The number of nitrogens with one attached hydrogen (secondary N) is 3. The molecule has 0 fully saturated rings. The Morgan fingerprint density at radius 1 is 0.931 bits per heavy atom. The van der Waals surface area contributed by atoms with Crippen molar-refractivity contribution in [3.8, 4) is 0 Å². The third kappa shape index (κ3) is 6.53. The molecule has 0 aliphatic carbocycles. The standard InChI is InChI=1S/C21H16ClN3O2S2/c22-15-6-3-14(4-7-15)5-12-19(26)25-21(28)24-17-10-8-16(9-11-17)23-20(27)18-2-1-13-29-18/h1-13H,(H,23,27)(H2,24,25,26,28)/b12-5+. The molecular formula is C21H16ClN3O2S2. The number of hydrogen-bond acceptors (Lipinski definition) is 4. The number of hydrogen-bond donors (Lipinski definition) is 3. The summed E-state index contributed by atoms with van der Waals surface area (Å²) in [5, 5.41) is 11.0. The van der Waals surface area contributed by atoms with Crippen molar-refractivity contribution in [2.75, 3.05) is 10.6 Å². The van der Waals surface area contributed by atoms with Crippen LogP contribution in [0.4, 0.5) is 11.4 Å². The number of thiocarbonyl (C=S) groups is 1. The number of carbonyl (C=O) groups excluding carboxylic acids is 2. The summed E-state index contributed by atoms with van der Waals surface area (Å²) in [5.41, 5.74) is 2.20. The minimum atomic E-state index is -0.350. The van der Waals surface area contributed by atoms with Gasteiger partial charge in [0.1, 0.15) is 0 Å². The largest absolute Gasteiger partial charge is 0.332 e. The second kappa shape index (κ2) is 9.97. The van der Waals surface area contributed by atoms with Gasteiger partial charge in [0.15, 0.2) is 5.11 Å². The number of benzene rings is 2. The summed E-state index contributed by atoms with van der Waals surface area (Å²) in [4.78, 5) is 24.7. The number of amides is 2. The predicted molar refractivity (Wildman–Crippen MR) is 124 cm³/mol. The minimum absolute atomic E-state index is 0.157. The van der Waals surface area contributed by atoms with E-state index in [1.807, 2.05) is 23.6 Å². The Bertz CT molecular complexity index is 1030. The molecule has 0 aliphatic rings. The molecule has 2 amide bonds. The zero-order valence-corrected chi connectivity index (χ0v) is 17.4. The van der Waals surface area contributed by atoms with Crippen LogP contribution in [0.25, 0.3) is 6.08 Å². The van der Waals surface area contributed by atoms with Crippen LogP contribution in [0.15, 0.2) is 72.1 Å². The van der Waals surface area contributed by atoms with Crippen LogP contribution in [0.1, 0.15) is 15.2 Å². The van der Waals surface area contributed by atoms with Crippen molar-refractivity contribution >= 4 is 69.5 Å². The van der Waals surface area contributed by atoms with E-state index in [9.17, 15) is 9.59 Å². The van der Waals surface area contributed by atoms with E-state index < -0.39 is 0 Å². The molecule has 0 unspecified atom stereocenters. The van der Waals surface area contributed by atoms with Gasteiger partial charge in [0.2, 0.25) is 5.91 Å². The lowest BCUT2D eigenvalue weighted by atomic mass is 10.2. The lowest BCUT2D eigenvalue weighted by molar-refractivity contribution is -0.115. The van der Waals surface area contributed by atoms with Crippen LogP contribution in [0, 0.1) is 0 Å². The highest BCUT2D eigenvalue weighted by atomic mass is 35.5. The fourth-order valence-electron chi connectivity index (χ4n) is 2.30. The molecule has 0 spiro atoms. The molecule has 3 N–H and O–H groups in total. The molecule has 3 rings (SSSR count). The van der Waals surface area contributed by atoms with E-state index in [4.69, 9.17) is 23.8 Å². The van der Waals surface area contributed by atoms with Crippen LogP contribution < -0.4 is 16.0 Å². The molecule has 29 heavy (non-hydrogen) atoms. The minimum Gasteiger partial charge on any atom is -0.332 e. The summed E-state index contributed by atoms with van der Waals surface area (Å²) in [6.07, 6.45) is 3.06. The summed E-state index contributed by atoms with van der Waals surface area (Å²) in [6, 6.07) is 17.7. The number of anilines is 2. The maximum Gasteiger partial charge on any atom is 0.265 e. The van der Waals surface area contributed by atoms with Crippen molar-refractivity contribution < 1.29 is 9.59 Å².